The van der Waals surface area contributed by atoms with Crippen LogP contribution >= 0.6 is 15.9 Å². The number of carboxylic acid groups (broad SMARTS) is 1. The van der Waals surface area contributed by atoms with Crippen LogP contribution in [0.1, 0.15) is 47.9 Å². The number of hydrogen-bond donors (Lipinski definition) is 3. The van der Waals surface area contributed by atoms with Gasteiger partial charge < -0.3 is 25.2 Å². The summed E-state index contributed by atoms with van der Waals surface area (Å²) in [6, 6.07) is 19.7. The van der Waals surface area contributed by atoms with Crippen LogP contribution in [-0.2, 0) is 24.2 Å². The Morgan fingerprint density at radius 1 is 1.02 bits per heavy atom. The van der Waals surface area contributed by atoms with Crippen molar-refractivity contribution in [2.24, 2.45) is 0 Å². The van der Waals surface area contributed by atoms with Gasteiger partial charge in [-0.2, -0.15) is 0 Å². The van der Waals surface area contributed by atoms with Gasteiger partial charge in [0.25, 0.3) is 5.91 Å². The second-order valence-corrected chi connectivity index (χ2v) is 13.1. The number of carbonyl (C=O) groups excluding carboxylic acids is 1. The second-order valence-electron chi connectivity index (χ2n) is 12.2. The number of amides is 2. The summed E-state index contributed by atoms with van der Waals surface area (Å²) in [4.78, 5) is 30.5. The molecule has 1 saturated heterocycles. The number of halogens is 2. The third kappa shape index (κ3) is 7.14. The van der Waals surface area contributed by atoms with Gasteiger partial charge in [-0.1, -0.05) is 48.5 Å². The van der Waals surface area contributed by atoms with Crippen LogP contribution in [-0.4, -0.2) is 76.4 Å². The van der Waals surface area contributed by atoms with Crippen molar-refractivity contribution in [3.05, 3.63) is 105 Å². The van der Waals surface area contributed by atoms with Crippen molar-refractivity contribution in [3.63, 3.8) is 0 Å². The largest absolute Gasteiger partial charge is 0.492 e. The Kier molecular flexibility index (Phi) is 10.1. The van der Waals surface area contributed by atoms with E-state index in [1.54, 1.807) is 6.07 Å². The Bertz CT molecular complexity index is 1610. The smallest absolute Gasteiger partial charge is 0.408 e. The van der Waals surface area contributed by atoms with Crippen molar-refractivity contribution >= 4 is 33.5 Å². The molecule has 2 amide bonds. The molecule has 2 atom stereocenters. The first-order valence-electron chi connectivity index (χ1n) is 15.9. The van der Waals surface area contributed by atoms with Gasteiger partial charge in [-0.25, -0.2) is 9.18 Å². The van der Waals surface area contributed by atoms with Crippen LogP contribution in [0.5, 0.6) is 5.75 Å². The molecule has 0 unspecified atom stereocenters. The van der Waals surface area contributed by atoms with Crippen molar-refractivity contribution in [1.29, 1.82) is 0 Å². The molecule has 3 aromatic carbocycles. The standard InChI is InChI=1S/C36H39BrFN3O5/c37-31-14-11-27(38)18-33(31)46-17-3-4-23-7-9-25(10-8-23)30-19-29-20-39-21-32(41(29)36(44)45)34(30)35(43)40(28-12-13-28)22-26-6-2-1-5-24(26)15-16-42/h1-2,5-11,14,18,28-29,32,39,42H,3-4,12-13,15-17,19-22H2,(H,44,45)/t29-,32-/m1/s1. The van der Waals surface area contributed by atoms with Crippen LogP contribution in [0.3, 0.4) is 0 Å². The lowest BCUT2D eigenvalue weighted by Gasteiger charge is -2.47. The molecule has 10 heteroatoms. The summed E-state index contributed by atoms with van der Waals surface area (Å²) >= 11 is 3.39. The number of aliphatic hydroxyl groups excluding tert-OH is 1. The second kappa shape index (κ2) is 14.4. The predicted molar refractivity (Wildman–Crippen MR) is 177 cm³/mol. The molecular formula is C36H39BrFN3O5. The minimum absolute atomic E-state index is 0.0280. The van der Waals surface area contributed by atoms with Gasteiger partial charge in [-0.15, -0.1) is 0 Å². The third-order valence-corrected chi connectivity index (χ3v) is 9.80. The van der Waals surface area contributed by atoms with Gasteiger partial charge in [0.1, 0.15) is 11.6 Å². The normalized spacial score (nSPS) is 19.2. The van der Waals surface area contributed by atoms with Gasteiger partial charge in [-0.05, 0) is 94.4 Å². The minimum atomic E-state index is -1.00. The number of hydrogen-bond acceptors (Lipinski definition) is 5. The van der Waals surface area contributed by atoms with E-state index in [2.05, 4.69) is 33.4 Å². The molecule has 242 valence electrons. The van der Waals surface area contributed by atoms with E-state index in [-0.39, 0.29) is 30.4 Å². The monoisotopic (exact) mass is 691 g/mol. The van der Waals surface area contributed by atoms with Gasteiger partial charge in [-0.3, -0.25) is 9.69 Å². The Hall–Kier alpha value is -3.73. The van der Waals surface area contributed by atoms with Crippen LogP contribution in [0.4, 0.5) is 9.18 Å². The fraction of sp³-hybridized carbons (Fsp3) is 0.389. The number of benzene rings is 3. The van der Waals surface area contributed by atoms with Gasteiger partial charge in [0.05, 0.1) is 23.2 Å². The number of fused-ring (bicyclic) bond motifs is 2. The van der Waals surface area contributed by atoms with Crippen LogP contribution in [0.15, 0.2) is 76.8 Å². The molecule has 3 aliphatic rings. The molecule has 8 nitrogen and oxygen atoms in total. The molecule has 46 heavy (non-hydrogen) atoms. The minimum Gasteiger partial charge on any atom is -0.492 e. The zero-order valence-electron chi connectivity index (χ0n) is 25.6. The fourth-order valence-corrected chi connectivity index (χ4v) is 7.08. The quantitative estimate of drug-likeness (QED) is 0.208. The average molecular weight is 693 g/mol. The summed E-state index contributed by atoms with van der Waals surface area (Å²) in [7, 11) is 0. The lowest BCUT2D eigenvalue weighted by molar-refractivity contribution is -0.129. The molecular weight excluding hydrogens is 653 g/mol. The van der Waals surface area contributed by atoms with E-state index in [4.69, 9.17) is 4.74 Å². The number of nitrogens with zero attached hydrogens (tertiary/aromatic N) is 2. The number of nitrogens with one attached hydrogen (secondary N) is 1. The first-order chi connectivity index (χ1) is 22.3. The fourth-order valence-electron chi connectivity index (χ4n) is 6.72. The zero-order valence-corrected chi connectivity index (χ0v) is 27.2. The number of piperazine rings is 1. The molecule has 1 aliphatic carbocycles. The summed E-state index contributed by atoms with van der Waals surface area (Å²) in [6.07, 6.45) is 3.30. The van der Waals surface area contributed by atoms with Crippen molar-refractivity contribution < 1.29 is 28.9 Å². The summed E-state index contributed by atoms with van der Waals surface area (Å²) in [5, 5.41) is 23.2. The van der Waals surface area contributed by atoms with E-state index in [1.807, 2.05) is 41.3 Å². The Balaban J connectivity index is 1.26. The molecule has 0 aromatic heterocycles. The molecule has 6 rings (SSSR count). The number of aliphatic hydroxyl groups is 1. The van der Waals surface area contributed by atoms with Crippen molar-refractivity contribution in [2.45, 2.75) is 63.2 Å². The number of rotatable bonds is 12. The maximum Gasteiger partial charge on any atom is 0.408 e. The van der Waals surface area contributed by atoms with Gasteiger partial charge in [0.2, 0.25) is 0 Å². The van der Waals surface area contributed by atoms with Crippen LogP contribution in [0.2, 0.25) is 0 Å². The number of aryl methyl sites for hydroxylation is 1. The van der Waals surface area contributed by atoms with E-state index >= 15 is 0 Å². The molecule has 2 fully saturated rings. The predicted octanol–water partition coefficient (Wildman–Crippen LogP) is 5.80. The number of carbonyl (C=O) groups is 2. The van der Waals surface area contributed by atoms with Gasteiger partial charge >= 0.3 is 6.09 Å². The van der Waals surface area contributed by atoms with Crippen molar-refractivity contribution in [2.75, 3.05) is 26.3 Å². The summed E-state index contributed by atoms with van der Waals surface area (Å²) < 4.78 is 20.1. The Morgan fingerprint density at radius 3 is 2.50 bits per heavy atom. The highest BCUT2D eigenvalue weighted by Crippen LogP contribution is 2.40. The van der Waals surface area contributed by atoms with Crippen LogP contribution in [0, 0.1) is 5.82 Å². The molecule has 3 N–H and O–H groups in total. The van der Waals surface area contributed by atoms with Crippen LogP contribution < -0.4 is 10.1 Å². The Labute approximate surface area is 277 Å². The Morgan fingerprint density at radius 2 is 1.78 bits per heavy atom. The van der Waals surface area contributed by atoms with Crippen molar-refractivity contribution in [3.8, 4) is 5.75 Å². The SMILES string of the molecule is O=C(C1=C(c2ccc(CCCOc3cc(F)ccc3Br)cc2)C[C@@H]2CNC[C@H]1N2C(=O)O)N(Cc1ccccc1CCO)C1CC1. The molecule has 0 radical (unpaired) electrons. The topological polar surface area (TPSA) is 102 Å². The molecule has 2 bridgehead atoms. The summed E-state index contributed by atoms with van der Waals surface area (Å²) in [5.41, 5.74) is 5.54. The highest BCUT2D eigenvalue weighted by Gasteiger charge is 2.46. The third-order valence-electron chi connectivity index (χ3n) is 9.15. The van der Waals surface area contributed by atoms with E-state index in [0.717, 1.165) is 53.5 Å². The van der Waals surface area contributed by atoms with E-state index in [1.165, 1.54) is 17.0 Å². The molecule has 3 aromatic rings. The molecule has 1 saturated carbocycles. The maximum atomic E-state index is 14.6. The number of ether oxygens (including phenoxy) is 1. The van der Waals surface area contributed by atoms with Crippen LogP contribution in [0.25, 0.3) is 5.57 Å². The lowest BCUT2D eigenvalue weighted by Crippen LogP contribution is -2.63. The van der Waals surface area contributed by atoms with Crippen molar-refractivity contribution in [1.82, 2.24) is 15.1 Å². The maximum absolute atomic E-state index is 14.6. The summed E-state index contributed by atoms with van der Waals surface area (Å²) in [6.45, 7) is 1.80. The highest BCUT2D eigenvalue weighted by atomic mass is 79.9. The van der Waals surface area contributed by atoms with E-state index in [9.17, 15) is 24.2 Å². The lowest BCUT2D eigenvalue weighted by atomic mass is 9.81. The van der Waals surface area contributed by atoms with E-state index in [0.29, 0.717) is 54.9 Å². The first kappa shape index (κ1) is 32.2. The van der Waals surface area contributed by atoms with Gasteiger partial charge in [0, 0.05) is 43.9 Å². The highest BCUT2D eigenvalue weighted by molar-refractivity contribution is 9.10. The first-order valence-corrected chi connectivity index (χ1v) is 16.7. The molecule has 2 aliphatic heterocycles. The molecule has 0 spiro atoms. The van der Waals surface area contributed by atoms with E-state index < -0.39 is 12.1 Å². The summed E-state index contributed by atoms with van der Waals surface area (Å²) in [5.74, 6) is 0.0191. The average Bonchev–Trinajstić information content (AvgIpc) is 3.89. The van der Waals surface area contributed by atoms with Gasteiger partial charge in [0.15, 0.2) is 0 Å². The zero-order chi connectivity index (χ0) is 32.2. The molecule has 2 heterocycles.